The van der Waals surface area contributed by atoms with Gasteiger partial charge in [0.1, 0.15) is 12.1 Å². The minimum Gasteiger partial charge on any atom is -0.480 e. The van der Waals surface area contributed by atoms with Gasteiger partial charge in [-0.15, -0.1) is 0 Å². The van der Waals surface area contributed by atoms with Crippen LogP contribution in [-0.2, 0) is 32.0 Å². The molecule has 0 radical (unpaired) electrons. The monoisotopic (exact) mass is 660 g/mol. The Labute approximate surface area is 278 Å². The van der Waals surface area contributed by atoms with Crippen molar-refractivity contribution in [3.63, 3.8) is 0 Å². The van der Waals surface area contributed by atoms with E-state index in [-0.39, 0.29) is 37.7 Å². The summed E-state index contributed by atoms with van der Waals surface area (Å²) in [7, 11) is 0. The molecule has 14 nitrogen and oxygen atoms in total. The fourth-order valence-corrected chi connectivity index (χ4v) is 6.07. The molecule has 2 atom stereocenters. The first-order chi connectivity index (χ1) is 23.3. The average molecular weight is 661 g/mol. The number of H-pyrrole nitrogens is 2. The van der Waals surface area contributed by atoms with Crippen LogP contribution in [0.3, 0.4) is 0 Å². The summed E-state index contributed by atoms with van der Waals surface area (Å²) in [5.41, 5.74) is 3.49. The Morgan fingerprint density at radius 2 is 1.00 bits per heavy atom. The smallest absolute Gasteiger partial charge is 0.326 e. The van der Waals surface area contributed by atoms with E-state index < -0.39 is 24.0 Å². The number of carbonyl (C=O) groups excluding carboxylic acids is 2. The van der Waals surface area contributed by atoms with Crippen LogP contribution in [-0.4, -0.2) is 131 Å². The molecule has 4 aromatic rings. The summed E-state index contributed by atoms with van der Waals surface area (Å²) in [6.45, 7) is 4.80. The molecule has 2 aromatic carbocycles. The lowest BCUT2D eigenvalue weighted by Gasteiger charge is -2.27. The number of aliphatic carboxylic acids is 2. The molecule has 2 unspecified atom stereocenters. The number of hydrogen-bond donors (Lipinski definition) is 8. The third kappa shape index (κ3) is 9.64. The van der Waals surface area contributed by atoms with Crippen molar-refractivity contribution in [3.8, 4) is 0 Å². The minimum atomic E-state index is -1.09. The van der Waals surface area contributed by atoms with E-state index >= 15 is 0 Å². The van der Waals surface area contributed by atoms with Gasteiger partial charge in [0, 0.05) is 99.4 Å². The molecule has 3 heterocycles. The largest absolute Gasteiger partial charge is 0.480 e. The Balaban J connectivity index is 1.07. The quantitative estimate of drug-likeness (QED) is 0.105. The predicted molar refractivity (Wildman–Crippen MR) is 182 cm³/mol. The summed E-state index contributed by atoms with van der Waals surface area (Å²) < 4.78 is 0. The lowest BCUT2D eigenvalue weighted by Crippen LogP contribution is -2.50. The van der Waals surface area contributed by atoms with E-state index in [4.69, 9.17) is 0 Å². The number of rotatable bonds is 12. The number of carbonyl (C=O) groups is 4. The fraction of sp³-hybridized carbons (Fsp3) is 0.412. The molecule has 1 aliphatic heterocycles. The molecule has 0 saturated carbocycles. The number of para-hydroxylation sites is 2. The summed E-state index contributed by atoms with van der Waals surface area (Å²) in [4.78, 5) is 60.2. The Bertz CT molecular complexity index is 1570. The highest BCUT2D eigenvalue weighted by Crippen LogP contribution is 2.20. The first-order valence-corrected chi connectivity index (χ1v) is 16.3. The lowest BCUT2D eigenvalue weighted by atomic mass is 10.0. The molecule has 0 bridgehead atoms. The van der Waals surface area contributed by atoms with Crippen molar-refractivity contribution in [2.24, 2.45) is 0 Å². The number of aromatic amines is 2. The zero-order valence-corrected chi connectivity index (χ0v) is 26.8. The summed E-state index contributed by atoms with van der Waals surface area (Å²) in [5.74, 6) is -2.87. The molecule has 48 heavy (non-hydrogen) atoms. The highest BCUT2D eigenvalue weighted by molar-refractivity contribution is 5.88. The van der Waals surface area contributed by atoms with Crippen molar-refractivity contribution >= 4 is 45.6 Å². The molecule has 1 fully saturated rings. The van der Waals surface area contributed by atoms with Crippen molar-refractivity contribution in [2.75, 3.05) is 65.4 Å². The van der Waals surface area contributed by atoms with Gasteiger partial charge in [0.05, 0.1) is 13.1 Å². The number of carboxylic acid groups (broad SMARTS) is 2. The van der Waals surface area contributed by atoms with Crippen LogP contribution in [0.1, 0.15) is 11.1 Å². The number of fused-ring (bicyclic) bond motifs is 2. The molecule has 14 heteroatoms. The van der Waals surface area contributed by atoms with Crippen LogP contribution in [0.15, 0.2) is 60.9 Å². The molecule has 5 rings (SSSR count). The van der Waals surface area contributed by atoms with E-state index in [1.807, 2.05) is 58.3 Å². The number of carboxylic acids is 2. The van der Waals surface area contributed by atoms with E-state index in [1.54, 1.807) is 12.4 Å². The summed E-state index contributed by atoms with van der Waals surface area (Å²) in [6.07, 6.45) is 3.91. The molecule has 0 spiro atoms. The number of hydrogen-bond acceptors (Lipinski definition) is 8. The van der Waals surface area contributed by atoms with Crippen LogP contribution in [0.4, 0.5) is 0 Å². The normalized spacial score (nSPS) is 16.8. The molecule has 8 N–H and O–H groups in total. The lowest BCUT2D eigenvalue weighted by molar-refractivity contribution is -0.142. The van der Waals surface area contributed by atoms with E-state index in [1.165, 1.54) is 0 Å². The van der Waals surface area contributed by atoms with Gasteiger partial charge in [-0.05, 0) is 23.3 Å². The maximum atomic E-state index is 13.0. The zero-order valence-electron chi connectivity index (χ0n) is 26.8. The van der Waals surface area contributed by atoms with Crippen LogP contribution in [0.5, 0.6) is 0 Å². The third-order valence-corrected chi connectivity index (χ3v) is 8.62. The van der Waals surface area contributed by atoms with Crippen molar-refractivity contribution in [3.05, 3.63) is 72.1 Å². The molecular weight excluding hydrogens is 616 g/mol. The SMILES string of the molecule is O=C(CN1CCNCCN(CC(=O)NC(Cc2c[nH]c3ccccc23)C(=O)O)CCNCC1)NC(Cc1c[nH]c2ccccc12)C(=O)O. The summed E-state index contributed by atoms with van der Waals surface area (Å²) in [5, 5.41) is 33.6. The van der Waals surface area contributed by atoms with Gasteiger partial charge < -0.3 is 41.4 Å². The van der Waals surface area contributed by atoms with Crippen molar-refractivity contribution < 1.29 is 29.4 Å². The maximum absolute atomic E-state index is 13.0. The van der Waals surface area contributed by atoms with Gasteiger partial charge >= 0.3 is 11.9 Å². The second kappa shape index (κ2) is 16.9. The van der Waals surface area contributed by atoms with E-state index in [0.29, 0.717) is 52.4 Å². The van der Waals surface area contributed by atoms with E-state index in [2.05, 4.69) is 31.2 Å². The van der Waals surface area contributed by atoms with Crippen LogP contribution < -0.4 is 21.3 Å². The fourth-order valence-electron chi connectivity index (χ4n) is 6.07. The molecule has 2 aromatic heterocycles. The van der Waals surface area contributed by atoms with Crippen LogP contribution >= 0.6 is 0 Å². The van der Waals surface area contributed by atoms with Gasteiger partial charge in [-0.1, -0.05) is 36.4 Å². The molecular formula is C34H44N8O6. The van der Waals surface area contributed by atoms with Crippen molar-refractivity contribution in [1.82, 2.24) is 41.0 Å². The van der Waals surface area contributed by atoms with Gasteiger partial charge in [-0.2, -0.15) is 0 Å². The number of benzene rings is 2. The molecule has 1 aliphatic rings. The van der Waals surface area contributed by atoms with Crippen molar-refractivity contribution in [2.45, 2.75) is 24.9 Å². The topological polar surface area (TPSA) is 195 Å². The van der Waals surface area contributed by atoms with Crippen LogP contribution in [0.2, 0.25) is 0 Å². The standard InChI is InChI=1S/C34H44N8O6/c43-31(39-29(33(45)46)17-23-19-37-27-7-3-1-5-25(23)27)21-41-13-9-35-11-15-42(16-12-36-10-14-41)22-32(44)40-30(34(47)48)18-24-20-38-28-8-4-2-6-26(24)28/h1-8,19-20,29-30,35-38H,9-18,21-22H2,(H,39,43)(H,40,44)(H,45,46)(H,47,48). The molecule has 0 aliphatic carbocycles. The first-order valence-electron chi connectivity index (χ1n) is 16.3. The van der Waals surface area contributed by atoms with Gasteiger partial charge in [-0.3, -0.25) is 19.4 Å². The Morgan fingerprint density at radius 1 is 0.625 bits per heavy atom. The molecule has 2 amide bonds. The Morgan fingerprint density at radius 3 is 1.38 bits per heavy atom. The highest BCUT2D eigenvalue weighted by Gasteiger charge is 2.25. The Kier molecular flexibility index (Phi) is 12.2. The third-order valence-electron chi connectivity index (χ3n) is 8.62. The van der Waals surface area contributed by atoms with E-state index in [9.17, 15) is 29.4 Å². The van der Waals surface area contributed by atoms with Gasteiger partial charge in [-0.25, -0.2) is 9.59 Å². The van der Waals surface area contributed by atoms with Crippen molar-refractivity contribution in [1.29, 1.82) is 0 Å². The summed E-state index contributed by atoms with van der Waals surface area (Å²) >= 11 is 0. The number of nitrogens with zero attached hydrogens (tertiary/aromatic N) is 2. The van der Waals surface area contributed by atoms with Gasteiger partial charge in [0.25, 0.3) is 0 Å². The number of amides is 2. The first kappa shape index (κ1) is 34.6. The Hall–Kier alpha value is -4.76. The number of nitrogens with one attached hydrogen (secondary N) is 6. The summed E-state index contributed by atoms with van der Waals surface area (Å²) in [6, 6.07) is 13.2. The van der Waals surface area contributed by atoms with Gasteiger partial charge in [0.15, 0.2) is 0 Å². The van der Waals surface area contributed by atoms with Crippen LogP contribution in [0.25, 0.3) is 21.8 Å². The molecule has 256 valence electrons. The molecule has 1 saturated heterocycles. The highest BCUT2D eigenvalue weighted by atomic mass is 16.4. The maximum Gasteiger partial charge on any atom is 0.326 e. The number of aromatic nitrogens is 2. The minimum absolute atomic E-state index is 0.0661. The zero-order chi connectivity index (χ0) is 33.9. The average Bonchev–Trinajstić information content (AvgIpc) is 3.66. The van der Waals surface area contributed by atoms with Crippen LogP contribution in [0, 0.1) is 0 Å². The second-order valence-electron chi connectivity index (χ2n) is 12.1. The second-order valence-corrected chi connectivity index (χ2v) is 12.1. The predicted octanol–water partition coefficient (Wildman–Crippen LogP) is 0.370. The van der Waals surface area contributed by atoms with Gasteiger partial charge in [0.2, 0.25) is 11.8 Å². The van der Waals surface area contributed by atoms with E-state index in [0.717, 1.165) is 32.9 Å².